The molecule has 1 aromatic heterocycles. The number of ether oxygens (including phenoxy) is 1. The van der Waals surface area contributed by atoms with Gasteiger partial charge in [0.15, 0.2) is 5.82 Å². The van der Waals surface area contributed by atoms with E-state index in [4.69, 9.17) is 4.74 Å². The van der Waals surface area contributed by atoms with E-state index in [1.807, 2.05) is 0 Å². The maximum Gasteiger partial charge on any atom is 0.416 e. The van der Waals surface area contributed by atoms with Crippen LogP contribution in [0.1, 0.15) is 22.3 Å². The zero-order valence-corrected chi connectivity index (χ0v) is 21.1. The van der Waals surface area contributed by atoms with Gasteiger partial charge < -0.3 is 10.1 Å². The smallest absolute Gasteiger partial charge is 0.416 e. The molecule has 0 fully saturated rings. The molecule has 3 N–H and O–H groups in total. The molecule has 0 saturated heterocycles. The van der Waals surface area contributed by atoms with Crippen molar-refractivity contribution in [1.82, 2.24) is 9.97 Å². The number of methoxy groups -OCH3 is 1. The quantitative estimate of drug-likeness (QED) is 0.112. The van der Waals surface area contributed by atoms with Crippen LogP contribution in [-0.2, 0) is 12.4 Å². The minimum absolute atomic E-state index is 0.0649. The number of alkyl halides is 6. The van der Waals surface area contributed by atoms with E-state index in [0.29, 0.717) is 11.4 Å². The lowest BCUT2D eigenvalue weighted by atomic mass is 10.1. The third-order valence-corrected chi connectivity index (χ3v) is 5.29. The number of nitrogens with zero attached hydrogens (tertiary/aromatic N) is 4. The summed E-state index contributed by atoms with van der Waals surface area (Å²) in [7, 11) is 1.49. The fourth-order valence-electron chi connectivity index (χ4n) is 3.43. The summed E-state index contributed by atoms with van der Waals surface area (Å²) in [4.78, 5) is 8.50. The molecule has 4 rings (SSSR count). The number of para-hydroxylation sites is 2. The molecule has 14 heteroatoms. The van der Waals surface area contributed by atoms with Crippen molar-refractivity contribution >= 4 is 35.7 Å². The van der Waals surface area contributed by atoms with Crippen molar-refractivity contribution in [3.05, 3.63) is 101 Å². The largest absolute Gasteiger partial charge is 0.495 e. The van der Waals surface area contributed by atoms with Crippen LogP contribution in [0.5, 0.6) is 5.75 Å². The van der Waals surface area contributed by atoms with Gasteiger partial charge in [0.05, 0.1) is 36.4 Å². The van der Waals surface area contributed by atoms with Gasteiger partial charge in [0.1, 0.15) is 11.6 Å². The maximum absolute atomic E-state index is 13.0. The summed E-state index contributed by atoms with van der Waals surface area (Å²) in [6.07, 6.45) is -6.66. The van der Waals surface area contributed by atoms with Crippen LogP contribution in [0, 0.1) is 0 Å². The number of hydrazone groups is 2. The first-order chi connectivity index (χ1) is 19.5. The Morgan fingerprint density at radius 2 is 1.24 bits per heavy atom. The number of hydrogen-bond acceptors (Lipinski definition) is 8. The van der Waals surface area contributed by atoms with E-state index in [2.05, 4.69) is 36.3 Å². The predicted octanol–water partition coefficient (Wildman–Crippen LogP) is 7.16. The van der Waals surface area contributed by atoms with Crippen molar-refractivity contribution in [2.75, 3.05) is 23.3 Å². The summed E-state index contributed by atoms with van der Waals surface area (Å²) in [5.74, 6) is 0.820. The number of hydrogen-bond donors (Lipinski definition) is 3. The Balaban J connectivity index is 1.57. The van der Waals surface area contributed by atoms with Crippen molar-refractivity contribution < 1.29 is 31.1 Å². The molecule has 3 aromatic carbocycles. The first-order valence-corrected chi connectivity index (χ1v) is 11.7. The molecule has 4 aromatic rings. The number of nitrogens with one attached hydrogen (secondary N) is 3. The third-order valence-electron chi connectivity index (χ3n) is 5.29. The molecule has 0 aliphatic carbocycles. The summed E-state index contributed by atoms with van der Waals surface area (Å²) in [5.41, 5.74) is 4.47. The SMILES string of the molecule is COc1ccccc1Nc1cc(NN=Cc2cccc(C(F)(F)F)c2)nc(NN=Cc2cccc(C(F)(F)F)c2)n1. The molecule has 8 nitrogen and oxygen atoms in total. The molecular weight excluding hydrogens is 552 g/mol. The average molecular weight is 574 g/mol. The topological polar surface area (TPSA) is 95.8 Å². The highest BCUT2D eigenvalue weighted by Crippen LogP contribution is 2.31. The molecule has 0 saturated carbocycles. The Kier molecular flexibility index (Phi) is 8.70. The van der Waals surface area contributed by atoms with Gasteiger partial charge >= 0.3 is 12.4 Å². The van der Waals surface area contributed by atoms with Crippen molar-refractivity contribution in [3.63, 3.8) is 0 Å². The van der Waals surface area contributed by atoms with Gasteiger partial charge in [-0.3, -0.25) is 5.43 Å². The van der Waals surface area contributed by atoms with E-state index in [9.17, 15) is 26.3 Å². The Morgan fingerprint density at radius 3 is 1.83 bits per heavy atom. The Bertz CT molecular complexity index is 1470. The molecule has 0 aliphatic heterocycles. The molecule has 0 aliphatic rings. The number of anilines is 4. The first kappa shape index (κ1) is 28.9. The lowest BCUT2D eigenvalue weighted by molar-refractivity contribution is -0.138. The third kappa shape index (κ3) is 8.17. The van der Waals surface area contributed by atoms with E-state index in [1.165, 1.54) is 43.7 Å². The van der Waals surface area contributed by atoms with Crippen molar-refractivity contribution in [2.45, 2.75) is 12.4 Å². The Labute approximate surface area is 229 Å². The van der Waals surface area contributed by atoms with Crippen LogP contribution in [0.4, 0.5) is 49.6 Å². The summed E-state index contributed by atoms with van der Waals surface area (Å²) in [6.45, 7) is 0. The predicted molar refractivity (Wildman–Crippen MR) is 144 cm³/mol. The lowest BCUT2D eigenvalue weighted by Crippen LogP contribution is -2.06. The summed E-state index contributed by atoms with van der Waals surface area (Å²) in [5, 5.41) is 10.9. The minimum Gasteiger partial charge on any atom is -0.495 e. The highest BCUT2D eigenvalue weighted by molar-refractivity contribution is 5.81. The van der Waals surface area contributed by atoms with Gasteiger partial charge in [-0.2, -0.15) is 46.5 Å². The molecule has 0 amide bonds. The van der Waals surface area contributed by atoms with Gasteiger partial charge in [0.2, 0.25) is 5.95 Å². The first-order valence-electron chi connectivity index (χ1n) is 11.7. The fraction of sp³-hybridized carbons (Fsp3) is 0.111. The lowest BCUT2D eigenvalue weighted by Gasteiger charge is -2.12. The molecule has 0 unspecified atom stereocenters. The second-order valence-electron chi connectivity index (χ2n) is 8.27. The minimum atomic E-state index is -4.51. The highest BCUT2D eigenvalue weighted by Gasteiger charge is 2.31. The second-order valence-corrected chi connectivity index (χ2v) is 8.27. The van der Waals surface area contributed by atoms with Gasteiger partial charge in [-0.25, -0.2) is 5.43 Å². The van der Waals surface area contributed by atoms with Crippen LogP contribution < -0.4 is 20.9 Å². The molecule has 41 heavy (non-hydrogen) atoms. The summed E-state index contributed by atoms with van der Waals surface area (Å²) in [6, 6.07) is 17.6. The number of benzene rings is 3. The molecule has 212 valence electrons. The van der Waals surface area contributed by atoms with Gasteiger partial charge in [-0.1, -0.05) is 36.4 Å². The van der Waals surface area contributed by atoms with E-state index in [-0.39, 0.29) is 28.7 Å². The van der Waals surface area contributed by atoms with Gasteiger partial charge in [-0.15, -0.1) is 0 Å². The van der Waals surface area contributed by atoms with Crippen molar-refractivity contribution in [3.8, 4) is 5.75 Å². The van der Waals surface area contributed by atoms with E-state index in [1.54, 1.807) is 24.3 Å². The van der Waals surface area contributed by atoms with E-state index in [0.717, 1.165) is 30.5 Å². The standard InChI is InChI=1S/C27H21F6N7O/c1-41-22-11-3-2-10-21(22)36-23-14-24(39-34-15-17-6-4-8-19(12-17)26(28,29)30)38-25(37-23)40-35-16-18-7-5-9-20(13-18)27(31,32)33/h2-16H,1H3,(H3,36,37,38,39,40). The number of rotatable bonds is 9. The van der Waals surface area contributed by atoms with E-state index < -0.39 is 23.5 Å². The summed E-state index contributed by atoms with van der Waals surface area (Å²) >= 11 is 0. The Hall–Kier alpha value is -5.14. The molecular formula is C27H21F6N7O. The normalized spacial score (nSPS) is 12.1. The molecule has 0 spiro atoms. The van der Waals surface area contributed by atoms with Gasteiger partial charge in [0, 0.05) is 6.07 Å². The maximum atomic E-state index is 13.0. The van der Waals surface area contributed by atoms with E-state index >= 15 is 0 Å². The van der Waals surface area contributed by atoms with Crippen LogP contribution >= 0.6 is 0 Å². The zero-order chi connectivity index (χ0) is 29.5. The number of halogens is 6. The second kappa shape index (κ2) is 12.4. The molecule has 0 atom stereocenters. The summed E-state index contributed by atoms with van der Waals surface area (Å²) < 4.78 is 83.3. The Morgan fingerprint density at radius 1 is 0.683 bits per heavy atom. The van der Waals surface area contributed by atoms with Crippen LogP contribution in [0.2, 0.25) is 0 Å². The monoisotopic (exact) mass is 573 g/mol. The van der Waals surface area contributed by atoms with Gasteiger partial charge in [-0.05, 0) is 47.5 Å². The fourth-order valence-corrected chi connectivity index (χ4v) is 3.43. The van der Waals surface area contributed by atoms with Crippen LogP contribution in [0.15, 0.2) is 89.1 Å². The molecule has 0 bridgehead atoms. The number of aromatic nitrogens is 2. The van der Waals surface area contributed by atoms with Crippen LogP contribution in [0.3, 0.4) is 0 Å². The zero-order valence-electron chi connectivity index (χ0n) is 21.1. The van der Waals surface area contributed by atoms with Crippen molar-refractivity contribution in [1.29, 1.82) is 0 Å². The molecule has 1 heterocycles. The van der Waals surface area contributed by atoms with Crippen LogP contribution in [0.25, 0.3) is 0 Å². The highest BCUT2D eigenvalue weighted by atomic mass is 19.4. The van der Waals surface area contributed by atoms with Crippen molar-refractivity contribution in [2.24, 2.45) is 10.2 Å². The van der Waals surface area contributed by atoms with Crippen LogP contribution in [-0.4, -0.2) is 29.5 Å². The molecule has 0 radical (unpaired) electrons. The average Bonchev–Trinajstić information content (AvgIpc) is 2.93. The van der Waals surface area contributed by atoms with Gasteiger partial charge in [0.25, 0.3) is 0 Å².